The van der Waals surface area contributed by atoms with Crippen LogP contribution in [0.4, 0.5) is 0 Å². The first-order valence-electron chi connectivity index (χ1n) is 7.75. The summed E-state index contributed by atoms with van der Waals surface area (Å²) in [5.74, 6) is 1.13. The third-order valence-corrected chi connectivity index (χ3v) is 4.66. The predicted molar refractivity (Wildman–Crippen MR) is 75.1 cm³/mol. The van der Waals surface area contributed by atoms with Crippen LogP contribution in [0.15, 0.2) is 10.6 Å². The Labute approximate surface area is 128 Å². The molecule has 1 saturated carbocycles. The highest BCUT2D eigenvalue weighted by molar-refractivity contribution is 5.92. The lowest BCUT2D eigenvalue weighted by molar-refractivity contribution is -0.153. The molecule has 0 aromatic carbocycles. The molecule has 118 valence electrons. The number of morpholine rings is 1. The van der Waals surface area contributed by atoms with Gasteiger partial charge in [-0.15, -0.1) is 0 Å². The maximum atomic E-state index is 12.5. The van der Waals surface area contributed by atoms with E-state index in [9.17, 15) is 9.59 Å². The first-order chi connectivity index (χ1) is 10.6. The number of carbonyl (C=O) groups excluding carboxylic acids is 2. The van der Waals surface area contributed by atoms with Crippen LogP contribution < -0.4 is 0 Å². The summed E-state index contributed by atoms with van der Waals surface area (Å²) in [5.41, 5.74) is 0.316. The summed E-state index contributed by atoms with van der Waals surface area (Å²) >= 11 is 0. The topological polar surface area (TPSA) is 75.9 Å². The fourth-order valence-electron chi connectivity index (χ4n) is 3.28. The molecule has 2 amide bonds. The van der Waals surface area contributed by atoms with Crippen LogP contribution in [-0.2, 0) is 9.53 Å². The van der Waals surface area contributed by atoms with Gasteiger partial charge >= 0.3 is 0 Å². The summed E-state index contributed by atoms with van der Waals surface area (Å²) in [5, 5.41) is 3.78. The molecule has 22 heavy (non-hydrogen) atoms. The van der Waals surface area contributed by atoms with Crippen LogP contribution in [-0.4, -0.2) is 65.2 Å². The zero-order valence-corrected chi connectivity index (χ0v) is 12.5. The zero-order valence-electron chi connectivity index (χ0n) is 12.5. The second-order valence-electron chi connectivity index (χ2n) is 6.44. The van der Waals surface area contributed by atoms with Gasteiger partial charge < -0.3 is 19.1 Å². The number of amides is 2. The molecule has 3 fully saturated rings. The van der Waals surface area contributed by atoms with E-state index in [4.69, 9.17) is 9.26 Å². The quantitative estimate of drug-likeness (QED) is 0.810. The van der Waals surface area contributed by atoms with Gasteiger partial charge in [0, 0.05) is 25.7 Å². The van der Waals surface area contributed by atoms with Crippen LogP contribution in [0.3, 0.4) is 0 Å². The van der Waals surface area contributed by atoms with Gasteiger partial charge in [0.15, 0.2) is 5.69 Å². The van der Waals surface area contributed by atoms with Crippen molar-refractivity contribution >= 4 is 11.8 Å². The van der Waals surface area contributed by atoms with Crippen LogP contribution in [0.2, 0.25) is 0 Å². The Hall–Kier alpha value is -1.89. The molecule has 1 aliphatic carbocycles. The van der Waals surface area contributed by atoms with E-state index in [0.29, 0.717) is 30.5 Å². The number of aromatic nitrogens is 1. The number of rotatable bonds is 3. The Balaban J connectivity index is 1.49. The smallest absolute Gasteiger partial charge is 0.276 e. The second kappa shape index (κ2) is 5.08. The standard InChI is InChI=1S/C15H19N3O4/c1-9-4-11(16-22-9)15(20)17-6-12-13(7-17)21-8-14(19)18(12)5-10-2-3-10/h4,10,12-13H,2-3,5-8H2,1H3/t12-,13-/m1/s1. The average molecular weight is 305 g/mol. The van der Waals surface area contributed by atoms with Crippen molar-refractivity contribution in [1.82, 2.24) is 15.0 Å². The number of nitrogens with zero attached hydrogens (tertiary/aromatic N) is 3. The summed E-state index contributed by atoms with van der Waals surface area (Å²) in [4.78, 5) is 28.2. The Morgan fingerprint density at radius 3 is 2.91 bits per heavy atom. The molecule has 2 saturated heterocycles. The van der Waals surface area contributed by atoms with Crippen molar-refractivity contribution < 1.29 is 18.8 Å². The number of ether oxygens (including phenoxy) is 1. The Kier molecular flexibility index (Phi) is 3.18. The molecule has 0 spiro atoms. The molecule has 2 aliphatic heterocycles. The third-order valence-electron chi connectivity index (χ3n) is 4.66. The van der Waals surface area contributed by atoms with Gasteiger partial charge in [-0.05, 0) is 25.7 Å². The molecular weight excluding hydrogens is 286 g/mol. The number of likely N-dealkylation sites (tertiary alicyclic amines) is 1. The predicted octanol–water partition coefficient (Wildman–Crippen LogP) is 0.445. The van der Waals surface area contributed by atoms with E-state index in [2.05, 4.69) is 5.16 Å². The Morgan fingerprint density at radius 1 is 1.41 bits per heavy atom. The number of hydrogen-bond donors (Lipinski definition) is 0. The number of fused-ring (bicyclic) bond motifs is 1. The van der Waals surface area contributed by atoms with E-state index < -0.39 is 0 Å². The fraction of sp³-hybridized carbons (Fsp3) is 0.667. The van der Waals surface area contributed by atoms with E-state index in [-0.39, 0.29) is 30.6 Å². The number of hydrogen-bond acceptors (Lipinski definition) is 5. The lowest BCUT2D eigenvalue weighted by atomic mass is 10.1. The van der Waals surface area contributed by atoms with Gasteiger partial charge in [0.05, 0.1) is 12.1 Å². The Bertz CT molecular complexity index is 610. The lowest BCUT2D eigenvalue weighted by Crippen LogP contribution is -2.54. The first kappa shape index (κ1) is 13.8. The van der Waals surface area contributed by atoms with Crippen molar-refractivity contribution in [2.24, 2.45) is 5.92 Å². The van der Waals surface area contributed by atoms with Crippen molar-refractivity contribution in [1.29, 1.82) is 0 Å². The molecule has 4 rings (SSSR count). The zero-order chi connectivity index (χ0) is 15.3. The molecule has 7 heteroatoms. The monoisotopic (exact) mass is 305 g/mol. The van der Waals surface area contributed by atoms with Gasteiger partial charge in [0.1, 0.15) is 12.4 Å². The third kappa shape index (κ3) is 2.39. The Morgan fingerprint density at radius 2 is 2.23 bits per heavy atom. The van der Waals surface area contributed by atoms with Crippen LogP contribution in [0.1, 0.15) is 29.1 Å². The minimum Gasteiger partial charge on any atom is -0.364 e. The van der Waals surface area contributed by atoms with E-state index in [1.54, 1.807) is 17.9 Å². The minimum absolute atomic E-state index is 0.0289. The highest BCUT2D eigenvalue weighted by Gasteiger charge is 2.46. The fourth-order valence-corrected chi connectivity index (χ4v) is 3.28. The molecule has 1 aromatic rings. The summed E-state index contributed by atoms with van der Waals surface area (Å²) in [6.45, 7) is 3.69. The number of aryl methyl sites for hydroxylation is 1. The molecule has 2 atom stereocenters. The molecule has 3 heterocycles. The molecule has 0 N–H and O–H groups in total. The van der Waals surface area contributed by atoms with E-state index >= 15 is 0 Å². The van der Waals surface area contributed by atoms with Crippen molar-refractivity contribution in [2.75, 3.05) is 26.2 Å². The first-order valence-corrected chi connectivity index (χ1v) is 7.75. The molecule has 0 unspecified atom stereocenters. The van der Waals surface area contributed by atoms with Gasteiger partial charge in [-0.25, -0.2) is 0 Å². The van der Waals surface area contributed by atoms with Gasteiger partial charge in [-0.1, -0.05) is 5.16 Å². The van der Waals surface area contributed by atoms with Crippen molar-refractivity contribution in [3.8, 4) is 0 Å². The van der Waals surface area contributed by atoms with E-state index in [0.717, 1.165) is 6.54 Å². The normalized spacial score (nSPS) is 28.1. The van der Waals surface area contributed by atoms with Crippen LogP contribution in [0.25, 0.3) is 0 Å². The molecule has 0 radical (unpaired) electrons. The summed E-state index contributed by atoms with van der Waals surface area (Å²) in [6.07, 6.45) is 2.31. The van der Waals surface area contributed by atoms with E-state index in [1.165, 1.54) is 12.8 Å². The summed E-state index contributed by atoms with van der Waals surface area (Å²) in [6, 6.07) is 1.61. The lowest BCUT2D eigenvalue weighted by Gasteiger charge is -2.36. The van der Waals surface area contributed by atoms with Crippen LogP contribution in [0.5, 0.6) is 0 Å². The van der Waals surface area contributed by atoms with Crippen LogP contribution in [0, 0.1) is 12.8 Å². The molecular formula is C15H19N3O4. The van der Waals surface area contributed by atoms with Crippen molar-refractivity contribution in [3.63, 3.8) is 0 Å². The highest BCUT2D eigenvalue weighted by atomic mass is 16.5. The highest BCUT2D eigenvalue weighted by Crippen LogP contribution is 2.33. The second-order valence-corrected chi connectivity index (χ2v) is 6.44. The van der Waals surface area contributed by atoms with Gasteiger partial charge in [-0.2, -0.15) is 0 Å². The minimum atomic E-state index is -0.159. The summed E-state index contributed by atoms with van der Waals surface area (Å²) in [7, 11) is 0. The van der Waals surface area contributed by atoms with Crippen LogP contribution >= 0.6 is 0 Å². The molecule has 1 aromatic heterocycles. The van der Waals surface area contributed by atoms with Gasteiger partial charge in [-0.3, -0.25) is 9.59 Å². The van der Waals surface area contributed by atoms with Gasteiger partial charge in [0.25, 0.3) is 5.91 Å². The average Bonchev–Trinajstić information content (AvgIpc) is 3.04. The molecule has 7 nitrogen and oxygen atoms in total. The maximum absolute atomic E-state index is 12.5. The van der Waals surface area contributed by atoms with Gasteiger partial charge in [0.2, 0.25) is 5.91 Å². The molecule has 0 bridgehead atoms. The number of carbonyl (C=O) groups is 2. The van der Waals surface area contributed by atoms with E-state index in [1.807, 2.05) is 4.90 Å². The van der Waals surface area contributed by atoms with Crippen molar-refractivity contribution in [3.05, 3.63) is 17.5 Å². The summed E-state index contributed by atoms with van der Waals surface area (Å²) < 4.78 is 10.6. The maximum Gasteiger partial charge on any atom is 0.276 e. The largest absolute Gasteiger partial charge is 0.364 e. The molecule has 3 aliphatic rings. The SMILES string of the molecule is Cc1cc(C(=O)N2C[C@@H]3[C@@H](C2)OCC(=O)N3CC2CC2)no1. The van der Waals surface area contributed by atoms with Crippen molar-refractivity contribution in [2.45, 2.75) is 31.9 Å².